The van der Waals surface area contributed by atoms with Gasteiger partial charge in [-0.2, -0.15) is 0 Å². The highest BCUT2D eigenvalue weighted by atomic mass is 16.3. The second-order valence-corrected chi connectivity index (χ2v) is 5.14. The summed E-state index contributed by atoms with van der Waals surface area (Å²) in [6.07, 6.45) is 4.63. The van der Waals surface area contributed by atoms with Crippen molar-refractivity contribution >= 4 is 5.82 Å². The number of aromatic nitrogens is 1. The number of hydrogen-bond donors (Lipinski definition) is 1. The molecular weight excluding hydrogens is 250 g/mol. The van der Waals surface area contributed by atoms with E-state index in [4.69, 9.17) is 4.42 Å². The lowest BCUT2D eigenvalue weighted by Crippen LogP contribution is -2.19. The topological polar surface area (TPSA) is 41.3 Å². The van der Waals surface area contributed by atoms with Crippen molar-refractivity contribution in [2.24, 2.45) is 0 Å². The van der Waals surface area contributed by atoms with Gasteiger partial charge in [0.05, 0.1) is 12.5 Å². The fourth-order valence-electron chi connectivity index (χ4n) is 2.17. The van der Waals surface area contributed by atoms with E-state index in [0.29, 0.717) is 0 Å². The minimum Gasteiger partial charge on any atom is -0.472 e. The minimum atomic E-state index is 0.800. The fraction of sp³-hybridized carbons (Fsp3) is 0.438. The zero-order chi connectivity index (χ0) is 14.4. The Hall–Kier alpha value is -1.81. The fourth-order valence-corrected chi connectivity index (χ4v) is 2.17. The first kappa shape index (κ1) is 14.6. The molecule has 1 N–H and O–H groups in total. The molecule has 0 atom stereocenters. The number of aryl methyl sites for hydroxylation is 1. The average Bonchev–Trinajstić information content (AvgIpc) is 2.91. The van der Waals surface area contributed by atoms with Crippen LogP contribution in [-0.2, 0) is 13.1 Å². The normalized spacial score (nSPS) is 10.8. The van der Waals surface area contributed by atoms with E-state index >= 15 is 0 Å². The molecule has 0 bridgehead atoms. The Morgan fingerprint density at radius 3 is 2.85 bits per heavy atom. The molecule has 20 heavy (non-hydrogen) atoms. The maximum absolute atomic E-state index is 5.11. The Morgan fingerprint density at radius 1 is 1.30 bits per heavy atom. The van der Waals surface area contributed by atoms with Crippen molar-refractivity contribution in [3.8, 4) is 0 Å². The molecular formula is C16H23N3O. The van der Waals surface area contributed by atoms with Crippen LogP contribution >= 0.6 is 0 Å². The van der Waals surface area contributed by atoms with Crippen molar-refractivity contribution < 1.29 is 4.42 Å². The van der Waals surface area contributed by atoms with Crippen molar-refractivity contribution in [2.45, 2.75) is 33.4 Å². The molecule has 0 aliphatic carbocycles. The van der Waals surface area contributed by atoms with Gasteiger partial charge >= 0.3 is 0 Å². The van der Waals surface area contributed by atoms with Crippen LogP contribution in [0.3, 0.4) is 0 Å². The summed E-state index contributed by atoms with van der Waals surface area (Å²) in [5, 5.41) is 3.43. The maximum atomic E-state index is 5.11. The Kier molecular flexibility index (Phi) is 5.18. The molecule has 0 spiro atoms. The summed E-state index contributed by atoms with van der Waals surface area (Å²) in [5.74, 6) is 1.000. The van der Waals surface area contributed by atoms with Gasteiger partial charge in [-0.15, -0.1) is 0 Å². The predicted molar refractivity (Wildman–Crippen MR) is 81.8 cm³/mol. The van der Waals surface area contributed by atoms with Crippen molar-refractivity contribution in [2.75, 3.05) is 18.5 Å². The largest absolute Gasteiger partial charge is 0.472 e. The van der Waals surface area contributed by atoms with E-state index in [2.05, 4.69) is 41.3 Å². The molecule has 0 saturated carbocycles. The smallest absolute Gasteiger partial charge is 0.129 e. The summed E-state index contributed by atoms with van der Waals surface area (Å²) in [6.45, 7) is 6.95. The molecule has 0 fully saturated rings. The van der Waals surface area contributed by atoms with Crippen LogP contribution in [0.2, 0.25) is 0 Å². The highest BCUT2D eigenvalue weighted by Gasteiger charge is 2.07. The third kappa shape index (κ3) is 4.10. The Morgan fingerprint density at radius 2 is 2.15 bits per heavy atom. The molecule has 0 amide bonds. The molecule has 4 nitrogen and oxygen atoms in total. The van der Waals surface area contributed by atoms with E-state index in [-0.39, 0.29) is 0 Å². The molecule has 4 heteroatoms. The van der Waals surface area contributed by atoms with Gasteiger partial charge in [-0.05, 0) is 43.7 Å². The molecule has 0 aliphatic heterocycles. The van der Waals surface area contributed by atoms with Gasteiger partial charge in [0.15, 0.2) is 0 Å². The van der Waals surface area contributed by atoms with E-state index in [9.17, 15) is 0 Å². The number of pyridine rings is 1. The van der Waals surface area contributed by atoms with Crippen LogP contribution in [0.15, 0.2) is 35.1 Å². The van der Waals surface area contributed by atoms with Crippen molar-refractivity contribution in [1.29, 1.82) is 0 Å². The third-order valence-corrected chi connectivity index (χ3v) is 3.15. The molecule has 2 heterocycles. The van der Waals surface area contributed by atoms with Gasteiger partial charge in [0.1, 0.15) is 5.82 Å². The van der Waals surface area contributed by atoms with E-state index in [1.54, 1.807) is 12.5 Å². The highest BCUT2D eigenvalue weighted by molar-refractivity contribution is 5.42. The van der Waals surface area contributed by atoms with E-state index in [0.717, 1.165) is 43.1 Å². The summed E-state index contributed by atoms with van der Waals surface area (Å²) in [4.78, 5) is 6.75. The zero-order valence-corrected chi connectivity index (χ0v) is 12.5. The Bertz CT molecular complexity index is 523. The lowest BCUT2D eigenvalue weighted by atomic mass is 10.2. The summed E-state index contributed by atoms with van der Waals surface area (Å²) in [6, 6.07) is 6.27. The number of rotatable bonds is 7. The van der Waals surface area contributed by atoms with Crippen LogP contribution in [0.5, 0.6) is 0 Å². The third-order valence-electron chi connectivity index (χ3n) is 3.15. The number of hydrogen-bond acceptors (Lipinski definition) is 4. The van der Waals surface area contributed by atoms with Gasteiger partial charge in [0.25, 0.3) is 0 Å². The van der Waals surface area contributed by atoms with Gasteiger partial charge in [0, 0.05) is 31.4 Å². The van der Waals surface area contributed by atoms with Crippen LogP contribution in [0, 0.1) is 6.92 Å². The summed E-state index contributed by atoms with van der Waals surface area (Å²) >= 11 is 0. The first-order chi connectivity index (χ1) is 9.69. The molecule has 2 aromatic rings. The van der Waals surface area contributed by atoms with Gasteiger partial charge in [-0.3, -0.25) is 0 Å². The SMILES string of the molecule is CCCNCc1cc(C)nc(N(C)Cc2ccoc2)c1. The maximum Gasteiger partial charge on any atom is 0.129 e. The minimum absolute atomic E-state index is 0.800. The number of furan rings is 1. The number of nitrogens with one attached hydrogen (secondary N) is 1. The Labute approximate surface area is 120 Å². The second kappa shape index (κ2) is 7.10. The quantitative estimate of drug-likeness (QED) is 0.787. The van der Waals surface area contributed by atoms with Crippen LogP contribution in [0.25, 0.3) is 0 Å². The van der Waals surface area contributed by atoms with Crippen LogP contribution < -0.4 is 10.2 Å². The average molecular weight is 273 g/mol. The summed E-state index contributed by atoms with van der Waals surface area (Å²) in [5.41, 5.74) is 3.48. The van der Waals surface area contributed by atoms with E-state index in [1.165, 1.54) is 5.56 Å². The standard InChI is InChI=1S/C16H23N3O/c1-4-6-17-10-15-8-13(2)18-16(9-15)19(3)11-14-5-7-20-12-14/h5,7-9,12,17H,4,6,10-11H2,1-3H3. The van der Waals surface area contributed by atoms with Gasteiger partial charge in [-0.25, -0.2) is 4.98 Å². The first-order valence-electron chi connectivity index (χ1n) is 7.09. The Balaban J connectivity index is 2.06. The molecule has 0 radical (unpaired) electrons. The molecule has 0 saturated heterocycles. The van der Waals surface area contributed by atoms with Crippen LogP contribution in [-0.4, -0.2) is 18.6 Å². The van der Waals surface area contributed by atoms with Gasteiger partial charge in [0.2, 0.25) is 0 Å². The zero-order valence-electron chi connectivity index (χ0n) is 12.5. The number of anilines is 1. The monoisotopic (exact) mass is 273 g/mol. The molecule has 0 aromatic carbocycles. The van der Waals surface area contributed by atoms with E-state index in [1.807, 2.05) is 13.0 Å². The van der Waals surface area contributed by atoms with Gasteiger partial charge < -0.3 is 14.6 Å². The highest BCUT2D eigenvalue weighted by Crippen LogP contribution is 2.16. The summed E-state index contributed by atoms with van der Waals surface area (Å²) in [7, 11) is 2.05. The predicted octanol–water partition coefficient (Wildman–Crippen LogP) is 3.12. The van der Waals surface area contributed by atoms with Crippen LogP contribution in [0.4, 0.5) is 5.82 Å². The molecule has 108 valence electrons. The summed E-state index contributed by atoms with van der Waals surface area (Å²) < 4.78 is 5.11. The molecule has 0 unspecified atom stereocenters. The molecule has 0 aliphatic rings. The van der Waals surface area contributed by atoms with Crippen molar-refractivity contribution in [3.63, 3.8) is 0 Å². The number of nitrogens with zero attached hydrogens (tertiary/aromatic N) is 2. The van der Waals surface area contributed by atoms with Gasteiger partial charge in [-0.1, -0.05) is 6.92 Å². The lowest BCUT2D eigenvalue weighted by Gasteiger charge is -2.19. The second-order valence-electron chi connectivity index (χ2n) is 5.14. The molecule has 2 aromatic heterocycles. The molecule has 2 rings (SSSR count). The van der Waals surface area contributed by atoms with Crippen molar-refractivity contribution in [3.05, 3.63) is 47.5 Å². The lowest BCUT2D eigenvalue weighted by molar-refractivity contribution is 0.563. The van der Waals surface area contributed by atoms with Crippen LogP contribution in [0.1, 0.15) is 30.2 Å². The van der Waals surface area contributed by atoms with E-state index < -0.39 is 0 Å². The first-order valence-corrected chi connectivity index (χ1v) is 7.09. The van der Waals surface area contributed by atoms with Crippen molar-refractivity contribution in [1.82, 2.24) is 10.3 Å².